The van der Waals surface area contributed by atoms with Crippen molar-refractivity contribution in [3.05, 3.63) is 0 Å². The molecule has 0 aromatic carbocycles. The van der Waals surface area contributed by atoms with Gasteiger partial charge in [-0.2, -0.15) is 0 Å². The van der Waals surface area contributed by atoms with Crippen LogP contribution in [0.15, 0.2) is 0 Å². The Morgan fingerprint density at radius 3 is 1.50 bits per heavy atom. The average Bonchev–Trinajstić information content (AvgIpc) is 2.82. The summed E-state index contributed by atoms with van der Waals surface area (Å²) in [6, 6.07) is 0. The molecular formula is C30H54. The SMILES string of the molecule is C1CCCCC1.CC1CCCCC1C1C(C)C(C2CCCCC2)CC2CCCCC21. The molecule has 5 aliphatic carbocycles. The van der Waals surface area contributed by atoms with Crippen LogP contribution >= 0.6 is 0 Å². The summed E-state index contributed by atoms with van der Waals surface area (Å²) >= 11 is 0. The van der Waals surface area contributed by atoms with E-state index in [2.05, 4.69) is 13.8 Å². The van der Waals surface area contributed by atoms with Crippen molar-refractivity contribution in [2.75, 3.05) is 0 Å². The van der Waals surface area contributed by atoms with Gasteiger partial charge in [-0.3, -0.25) is 0 Å². The maximum atomic E-state index is 2.72. The van der Waals surface area contributed by atoms with Crippen LogP contribution in [0.25, 0.3) is 0 Å². The van der Waals surface area contributed by atoms with Crippen molar-refractivity contribution >= 4 is 0 Å². The third-order valence-corrected chi connectivity index (χ3v) is 10.7. The lowest BCUT2D eigenvalue weighted by atomic mass is 9.50. The van der Waals surface area contributed by atoms with Crippen LogP contribution in [0, 0.1) is 47.3 Å². The molecule has 0 saturated heterocycles. The smallest absolute Gasteiger partial charge is 0.0324 e. The van der Waals surface area contributed by atoms with Crippen LogP contribution in [0.1, 0.15) is 142 Å². The van der Waals surface area contributed by atoms with Crippen LogP contribution in [0.3, 0.4) is 0 Å². The third-order valence-electron chi connectivity index (χ3n) is 10.7. The zero-order chi connectivity index (χ0) is 20.8. The van der Waals surface area contributed by atoms with Crippen molar-refractivity contribution in [3.8, 4) is 0 Å². The van der Waals surface area contributed by atoms with Gasteiger partial charge in [-0.1, -0.05) is 123 Å². The maximum absolute atomic E-state index is 2.72. The van der Waals surface area contributed by atoms with E-state index < -0.39 is 0 Å². The summed E-state index contributed by atoms with van der Waals surface area (Å²) in [4.78, 5) is 0. The van der Waals surface area contributed by atoms with Crippen LogP contribution in [0.5, 0.6) is 0 Å². The zero-order valence-electron chi connectivity index (χ0n) is 20.8. The lowest BCUT2D eigenvalue weighted by molar-refractivity contribution is -0.0589. The summed E-state index contributed by atoms with van der Waals surface area (Å²) in [5.74, 6) is 8.61. The number of hydrogen-bond acceptors (Lipinski definition) is 0. The molecule has 0 aromatic rings. The Labute approximate surface area is 189 Å². The minimum Gasteiger partial charge on any atom is -0.0622 e. The topological polar surface area (TPSA) is 0 Å². The lowest BCUT2D eigenvalue weighted by Gasteiger charge is -2.55. The Bertz CT molecular complexity index is 453. The normalized spacial score (nSPS) is 43.2. The van der Waals surface area contributed by atoms with Gasteiger partial charge in [0, 0.05) is 0 Å². The van der Waals surface area contributed by atoms with E-state index in [4.69, 9.17) is 0 Å². The highest BCUT2D eigenvalue weighted by Gasteiger charge is 2.49. The van der Waals surface area contributed by atoms with Crippen LogP contribution in [-0.2, 0) is 0 Å². The van der Waals surface area contributed by atoms with Gasteiger partial charge < -0.3 is 0 Å². The number of hydrogen-bond donors (Lipinski definition) is 0. The van der Waals surface area contributed by atoms with E-state index in [1.807, 2.05) is 0 Å². The van der Waals surface area contributed by atoms with Crippen molar-refractivity contribution in [1.82, 2.24) is 0 Å². The molecule has 0 nitrogen and oxygen atoms in total. The van der Waals surface area contributed by atoms with E-state index in [-0.39, 0.29) is 0 Å². The van der Waals surface area contributed by atoms with Gasteiger partial charge >= 0.3 is 0 Å². The number of fused-ring (bicyclic) bond motifs is 1. The molecule has 0 N–H and O–H groups in total. The number of rotatable bonds is 2. The second-order valence-corrected chi connectivity index (χ2v) is 12.5. The first-order valence-corrected chi connectivity index (χ1v) is 14.8. The van der Waals surface area contributed by atoms with Gasteiger partial charge in [0.25, 0.3) is 0 Å². The first-order chi connectivity index (χ1) is 14.8. The molecule has 0 aromatic heterocycles. The van der Waals surface area contributed by atoms with Crippen molar-refractivity contribution in [3.63, 3.8) is 0 Å². The molecule has 7 unspecified atom stereocenters. The first-order valence-electron chi connectivity index (χ1n) is 14.8. The van der Waals surface area contributed by atoms with E-state index >= 15 is 0 Å². The largest absolute Gasteiger partial charge is 0.0622 e. The lowest BCUT2D eigenvalue weighted by Crippen LogP contribution is -2.47. The van der Waals surface area contributed by atoms with Crippen LogP contribution in [0.2, 0.25) is 0 Å². The average molecular weight is 415 g/mol. The van der Waals surface area contributed by atoms with Gasteiger partial charge in [-0.05, 0) is 66.6 Å². The molecule has 5 rings (SSSR count). The zero-order valence-corrected chi connectivity index (χ0v) is 20.8. The van der Waals surface area contributed by atoms with E-state index in [1.54, 1.807) is 51.4 Å². The van der Waals surface area contributed by atoms with Gasteiger partial charge in [-0.25, -0.2) is 0 Å². The van der Waals surface area contributed by atoms with E-state index in [9.17, 15) is 0 Å². The summed E-state index contributed by atoms with van der Waals surface area (Å²) in [5.41, 5.74) is 0. The Kier molecular flexibility index (Phi) is 9.07. The van der Waals surface area contributed by atoms with Gasteiger partial charge in [0.05, 0.1) is 0 Å². The van der Waals surface area contributed by atoms with Gasteiger partial charge in [-0.15, -0.1) is 0 Å². The summed E-state index contributed by atoms with van der Waals surface area (Å²) in [6.45, 7) is 5.33. The summed E-state index contributed by atoms with van der Waals surface area (Å²) in [7, 11) is 0. The molecule has 5 aliphatic rings. The molecule has 0 heteroatoms. The highest BCUT2D eigenvalue weighted by molar-refractivity contribution is 4.98. The predicted octanol–water partition coefficient (Wildman–Crippen LogP) is 9.81. The molecule has 0 aliphatic heterocycles. The van der Waals surface area contributed by atoms with Crippen LogP contribution in [0.4, 0.5) is 0 Å². The molecule has 5 saturated carbocycles. The molecule has 174 valence electrons. The van der Waals surface area contributed by atoms with Crippen molar-refractivity contribution in [1.29, 1.82) is 0 Å². The second-order valence-electron chi connectivity index (χ2n) is 12.5. The minimum absolute atomic E-state index is 1.01. The fourth-order valence-corrected chi connectivity index (χ4v) is 9.14. The third kappa shape index (κ3) is 5.67. The Balaban J connectivity index is 0.000000313. The Morgan fingerprint density at radius 1 is 0.400 bits per heavy atom. The first kappa shape index (κ1) is 23.2. The molecule has 0 spiro atoms. The van der Waals surface area contributed by atoms with Crippen molar-refractivity contribution in [2.24, 2.45) is 47.3 Å². The van der Waals surface area contributed by atoms with Crippen molar-refractivity contribution < 1.29 is 0 Å². The van der Waals surface area contributed by atoms with E-state index in [1.165, 1.54) is 77.0 Å². The van der Waals surface area contributed by atoms with Gasteiger partial charge in [0.2, 0.25) is 0 Å². The maximum Gasteiger partial charge on any atom is -0.0324 e. The Morgan fingerprint density at radius 2 is 0.867 bits per heavy atom. The summed E-state index contributed by atoms with van der Waals surface area (Å²) in [6.07, 6.45) is 30.7. The predicted molar refractivity (Wildman–Crippen MR) is 132 cm³/mol. The fraction of sp³-hybridized carbons (Fsp3) is 1.00. The molecule has 0 heterocycles. The molecule has 7 atom stereocenters. The highest BCUT2D eigenvalue weighted by Crippen LogP contribution is 2.57. The standard InChI is InChI=1S/C24H42.C6H12/c1-17-10-6-8-14-21(17)24-18(2)23(19-11-4-3-5-12-19)16-20-13-7-9-15-22(20)24;1-2-4-6-5-3-1/h17-24H,3-16H2,1-2H3;1-6H2. The monoisotopic (exact) mass is 414 g/mol. The molecule has 30 heavy (non-hydrogen) atoms. The van der Waals surface area contributed by atoms with Gasteiger partial charge in [0.1, 0.15) is 0 Å². The van der Waals surface area contributed by atoms with E-state index in [0.717, 1.165) is 47.3 Å². The van der Waals surface area contributed by atoms with E-state index in [0.29, 0.717) is 0 Å². The highest BCUT2D eigenvalue weighted by atomic mass is 14.5. The summed E-state index contributed by atoms with van der Waals surface area (Å²) < 4.78 is 0. The molecule has 0 amide bonds. The van der Waals surface area contributed by atoms with Crippen LogP contribution in [-0.4, -0.2) is 0 Å². The molecule has 0 bridgehead atoms. The van der Waals surface area contributed by atoms with Crippen LogP contribution < -0.4 is 0 Å². The molecule has 5 fully saturated rings. The quantitative estimate of drug-likeness (QED) is 0.421. The molecular weight excluding hydrogens is 360 g/mol. The van der Waals surface area contributed by atoms with Crippen molar-refractivity contribution in [2.45, 2.75) is 142 Å². The van der Waals surface area contributed by atoms with Gasteiger partial charge in [0.15, 0.2) is 0 Å². The summed E-state index contributed by atoms with van der Waals surface area (Å²) in [5, 5.41) is 0. The Hall–Kier alpha value is 0. The molecule has 0 radical (unpaired) electrons. The second kappa shape index (κ2) is 11.7. The fourth-order valence-electron chi connectivity index (χ4n) is 9.14. The minimum atomic E-state index is 1.01.